The van der Waals surface area contributed by atoms with E-state index < -0.39 is 5.60 Å². The largest absolute Gasteiger partial charge is 0.385 e. The molecule has 0 spiro atoms. The van der Waals surface area contributed by atoms with Crippen LogP contribution in [-0.2, 0) is 12.0 Å². The van der Waals surface area contributed by atoms with E-state index in [4.69, 9.17) is 11.6 Å². The Kier molecular flexibility index (Phi) is 5.37. The Hall–Kier alpha value is -1.35. The lowest BCUT2D eigenvalue weighted by atomic mass is 9.84. The first-order valence-corrected chi connectivity index (χ1v) is 8.78. The van der Waals surface area contributed by atoms with Gasteiger partial charge < -0.3 is 10.0 Å². The molecule has 2 nitrogen and oxygen atoms in total. The molecular weight excluding hydrogens is 306 g/mol. The Morgan fingerprint density at radius 1 is 1.00 bits per heavy atom. The average molecular weight is 330 g/mol. The second-order valence-electron chi connectivity index (χ2n) is 6.50. The van der Waals surface area contributed by atoms with Crippen molar-refractivity contribution in [3.8, 4) is 0 Å². The van der Waals surface area contributed by atoms with E-state index in [0.29, 0.717) is 11.4 Å². The van der Waals surface area contributed by atoms with Gasteiger partial charge in [0.1, 0.15) is 0 Å². The second-order valence-corrected chi connectivity index (χ2v) is 6.94. The summed E-state index contributed by atoms with van der Waals surface area (Å²) in [5.41, 5.74) is 1.18. The fourth-order valence-corrected chi connectivity index (χ4v) is 3.59. The maximum Gasteiger partial charge on any atom is 0.0949 e. The third-order valence-electron chi connectivity index (χ3n) is 4.74. The number of hydrogen-bond acceptors (Lipinski definition) is 2. The van der Waals surface area contributed by atoms with Crippen LogP contribution in [0.15, 0.2) is 54.6 Å². The monoisotopic (exact) mass is 329 g/mol. The number of aliphatic hydroxyl groups is 1. The normalized spacial score (nSPS) is 18.0. The summed E-state index contributed by atoms with van der Waals surface area (Å²) in [6.07, 6.45) is 3.88. The van der Waals surface area contributed by atoms with E-state index in [-0.39, 0.29) is 0 Å². The molecule has 1 atom stereocenters. The molecule has 0 aromatic heterocycles. The Morgan fingerprint density at radius 2 is 1.74 bits per heavy atom. The van der Waals surface area contributed by atoms with Crippen molar-refractivity contribution in [1.29, 1.82) is 0 Å². The third-order valence-corrected chi connectivity index (χ3v) is 4.98. The van der Waals surface area contributed by atoms with E-state index in [2.05, 4.69) is 17.0 Å². The van der Waals surface area contributed by atoms with Gasteiger partial charge in [-0.05, 0) is 55.6 Å². The van der Waals surface area contributed by atoms with Crippen LogP contribution in [0.3, 0.4) is 0 Å². The first-order chi connectivity index (χ1) is 11.2. The van der Waals surface area contributed by atoms with Gasteiger partial charge in [-0.15, -0.1) is 0 Å². The lowest BCUT2D eigenvalue weighted by Crippen LogP contribution is -2.34. The first kappa shape index (κ1) is 16.5. The van der Waals surface area contributed by atoms with E-state index in [9.17, 15) is 5.11 Å². The molecule has 0 saturated carbocycles. The van der Waals surface area contributed by atoms with Gasteiger partial charge in [-0.1, -0.05) is 54.1 Å². The molecule has 2 aromatic rings. The summed E-state index contributed by atoms with van der Waals surface area (Å²) in [5, 5.41) is 12.1. The van der Waals surface area contributed by atoms with Gasteiger partial charge in [-0.3, -0.25) is 0 Å². The molecule has 1 N–H and O–H groups in total. The Labute approximate surface area is 143 Å². The molecule has 1 aliphatic rings. The van der Waals surface area contributed by atoms with Crippen LogP contribution in [0.2, 0.25) is 5.02 Å². The van der Waals surface area contributed by atoms with E-state index in [0.717, 1.165) is 37.2 Å². The van der Waals surface area contributed by atoms with E-state index in [1.54, 1.807) is 0 Å². The predicted octanol–water partition coefficient (Wildman–Crippen LogP) is 4.26. The second kappa shape index (κ2) is 7.48. The van der Waals surface area contributed by atoms with Gasteiger partial charge in [0.05, 0.1) is 5.60 Å². The summed E-state index contributed by atoms with van der Waals surface area (Å²) in [5.74, 6) is 0. The van der Waals surface area contributed by atoms with Crippen molar-refractivity contribution in [3.63, 3.8) is 0 Å². The fourth-order valence-electron chi connectivity index (χ4n) is 3.40. The summed E-state index contributed by atoms with van der Waals surface area (Å²) in [6, 6.07) is 17.9. The van der Waals surface area contributed by atoms with Gasteiger partial charge in [0.15, 0.2) is 0 Å². The van der Waals surface area contributed by atoms with Crippen molar-refractivity contribution >= 4 is 11.6 Å². The minimum absolute atomic E-state index is 0.613. The number of hydrogen-bond donors (Lipinski definition) is 1. The first-order valence-electron chi connectivity index (χ1n) is 8.40. The smallest absolute Gasteiger partial charge is 0.0949 e. The summed E-state index contributed by atoms with van der Waals surface area (Å²) in [7, 11) is 0. The molecule has 3 heteroatoms. The Bertz CT molecular complexity index is 625. The molecule has 1 fully saturated rings. The standard InChI is InChI=1S/C20H24ClNO/c21-19-10-6-9-18(15-19)20(23,11-14-22-12-4-5-13-22)16-17-7-2-1-3-8-17/h1-3,6-10,15,23H,4-5,11-14,16H2. The number of benzene rings is 2. The molecule has 23 heavy (non-hydrogen) atoms. The molecule has 2 aromatic carbocycles. The van der Waals surface area contributed by atoms with Crippen molar-refractivity contribution < 1.29 is 5.11 Å². The highest BCUT2D eigenvalue weighted by Crippen LogP contribution is 2.31. The highest BCUT2D eigenvalue weighted by molar-refractivity contribution is 6.30. The lowest BCUT2D eigenvalue weighted by molar-refractivity contribution is 0.0193. The number of likely N-dealkylation sites (tertiary alicyclic amines) is 1. The van der Waals surface area contributed by atoms with Crippen LogP contribution in [-0.4, -0.2) is 29.6 Å². The maximum absolute atomic E-state index is 11.4. The van der Waals surface area contributed by atoms with E-state index in [1.807, 2.05) is 42.5 Å². The summed E-state index contributed by atoms with van der Waals surface area (Å²) < 4.78 is 0. The van der Waals surface area contributed by atoms with Crippen LogP contribution >= 0.6 is 11.6 Å². The molecule has 0 aliphatic carbocycles. The van der Waals surface area contributed by atoms with Crippen LogP contribution in [0, 0.1) is 0 Å². The number of nitrogens with zero attached hydrogens (tertiary/aromatic N) is 1. The molecule has 1 unspecified atom stereocenters. The zero-order chi connectivity index (χ0) is 16.1. The van der Waals surface area contributed by atoms with Crippen LogP contribution in [0.1, 0.15) is 30.4 Å². The summed E-state index contributed by atoms with van der Waals surface area (Å²) >= 11 is 6.16. The van der Waals surface area contributed by atoms with Crippen molar-refractivity contribution in [2.75, 3.05) is 19.6 Å². The van der Waals surface area contributed by atoms with Crippen LogP contribution in [0.25, 0.3) is 0 Å². The quantitative estimate of drug-likeness (QED) is 0.856. The number of rotatable bonds is 6. The number of halogens is 1. The van der Waals surface area contributed by atoms with Crippen LogP contribution in [0.5, 0.6) is 0 Å². The Balaban J connectivity index is 1.81. The van der Waals surface area contributed by atoms with E-state index in [1.165, 1.54) is 12.8 Å². The van der Waals surface area contributed by atoms with E-state index >= 15 is 0 Å². The molecule has 0 amide bonds. The van der Waals surface area contributed by atoms with Gasteiger partial charge in [0.2, 0.25) is 0 Å². The third kappa shape index (κ3) is 4.35. The zero-order valence-corrected chi connectivity index (χ0v) is 14.2. The molecule has 0 radical (unpaired) electrons. The van der Waals surface area contributed by atoms with Crippen molar-refractivity contribution in [2.24, 2.45) is 0 Å². The highest BCUT2D eigenvalue weighted by Gasteiger charge is 2.30. The molecule has 1 aliphatic heterocycles. The predicted molar refractivity (Wildman–Crippen MR) is 95.8 cm³/mol. The summed E-state index contributed by atoms with van der Waals surface area (Å²) in [4.78, 5) is 2.44. The highest BCUT2D eigenvalue weighted by atomic mass is 35.5. The molecule has 1 heterocycles. The average Bonchev–Trinajstić information content (AvgIpc) is 3.07. The molecule has 1 saturated heterocycles. The van der Waals surface area contributed by atoms with Crippen molar-refractivity contribution in [2.45, 2.75) is 31.3 Å². The van der Waals surface area contributed by atoms with Gasteiger partial charge in [0.25, 0.3) is 0 Å². The fraction of sp³-hybridized carbons (Fsp3) is 0.400. The molecular formula is C20H24ClNO. The topological polar surface area (TPSA) is 23.5 Å². The van der Waals surface area contributed by atoms with Gasteiger partial charge in [-0.2, -0.15) is 0 Å². The van der Waals surface area contributed by atoms with Crippen molar-refractivity contribution in [3.05, 3.63) is 70.7 Å². The lowest BCUT2D eigenvalue weighted by Gasteiger charge is -2.31. The SMILES string of the molecule is OC(CCN1CCCC1)(Cc1ccccc1)c1cccc(Cl)c1. The summed E-state index contributed by atoms with van der Waals surface area (Å²) in [6.45, 7) is 3.23. The maximum atomic E-state index is 11.4. The van der Waals surface area contributed by atoms with Crippen LogP contribution < -0.4 is 0 Å². The van der Waals surface area contributed by atoms with Crippen molar-refractivity contribution in [1.82, 2.24) is 4.90 Å². The Morgan fingerprint density at radius 3 is 2.43 bits per heavy atom. The van der Waals surface area contributed by atoms with Gasteiger partial charge in [-0.25, -0.2) is 0 Å². The van der Waals surface area contributed by atoms with Gasteiger partial charge >= 0.3 is 0 Å². The minimum Gasteiger partial charge on any atom is -0.385 e. The van der Waals surface area contributed by atoms with Gasteiger partial charge in [0, 0.05) is 18.0 Å². The molecule has 0 bridgehead atoms. The molecule has 3 rings (SSSR count). The zero-order valence-electron chi connectivity index (χ0n) is 13.4. The van der Waals surface area contributed by atoms with Crippen LogP contribution in [0.4, 0.5) is 0 Å². The molecule has 122 valence electrons. The minimum atomic E-state index is -0.880.